The van der Waals surface area contributed by atoms with Crippen molar-refractivity contribution in [2.24, 2.45) is 0 Å². The topological polar surface area (TPSA) is 57.0 Å². The van der Waals surface area contributed by atoms with Crippen LogP contribution in [0.2, 0.25) is 0 Å². The maximum absolute atomic E-state index is 10.6. The van der Waals surface area contributed by atoms with Gasteiger partial charge in [-0.1, -0.05) is 42.1 Å². The van der Waals surface area contributed by atoms with Crippen LogP contribution in [-0.4, -0.2) is 33.4 Å². The molecule has 0 radical (unpaired) electrons. The molecule has 0 aliphatic carbocycles. The Balaban J connectivity index is 1.50. The molecule has 5 nitrogen and oxygen atoms in total. The van der Waals surface area contributed by atoms with E-state index in [-0.39, 0.29) is 0 Å². The molecule has 0 amide bonds. The zero-order valence-corrected chi connectivity index (χ0v) is 15.5. The number of hydrogen-bond acceptors (Lipinski definition) is 5. The molecule has 0 fully saturated rings. The molecule has 1 aromatic heterocycles. The molecule has 0 atom stereocenters. The third kappa shape index (κ3) is 4.52. The van der Waals surface area contributed by atoms with Gasteiger partial charge in [0.1, 0.15) is 12.0 Å². The maximum Gasteiger partial charge on any atom is 0.191 e. The lowest BCUT2D eigenvalue weighted by molar-refractivity contribution is 0.112. The molecule has 3 aromatic rings. The van der Waals surface area contributed by atoms with E-state index in [2.05, 4.69) is 21.7 Å². The van der Waals surface area contributed by atoms with Crippen LogP contribution in [0.5, 0.6) is 5.75 Å². The molecular weight excluding hydrogens is 346 g/mol. The van der Waals surface area contributed by atoms with E-state index >= 15 is 0 Å². The molecule has 0 N–H and O–H groups in total. The summed E-state index contributed by atoms with van der Waals surface area (Å²) in [5, 5.41) is 9.62. The van der Waals surface area contributed by atoms with Crippen LogP contribution in [0.15, 0.2) is 59.8 Å². The first-order chi connectivity index (χ1) is 12.8. The van der Waals surface area contributed by atoms with Gasteiger partial charge in [0.15, 0.2) is 11.0 Å². The van der Waals surface area contributed by atoms with Crippen molar-refractivity contribution in [1.29, 1.82) is 0 Å². The number of hydrogen-bond donors (Lipinski definition) is 0. The quantitative estimate of drug-likeness (QED) is 0.320. The Morgan fingerprint density at radius 1 is 1.08 bits per heavy atom. The standard InChI is InChI=1S/C20H21N3O2S/c1-2-23-19(17-7-4-3-5-8-17)21-22-20(23)26-14-6-13-25-18-11-9-16(15-24)10-12-18/h3-5,7-12,15H,2,6,13-14H2,1H3. The Labute approximate surface area is 157 Å². The normalized spacial score (nSPS) is 10.7. The Morgan fingerprint density at radius 3 is 2.54 bits per heavy atom. The van der Waals surface area contributed by atoms with Gasteiger partial charge in [-0.2, -0.15) is 0 Å². The number of nitrogens with zero attached hydrogens (tertiary/aromatic N) is 3. The lowest BCUT2D eigenvalue weighted by Gasteiger charge is -2.08. The summed E-state index contributed by atoms with van der Waals surface area (Å²) in [5.41, 5.74) is 1.73. The monoisotopic (exact) mass is 367 g/mol. The Kier molecular flexibility index (Phi) is 6.44. The van der Waals surface area contributed by atoms with Crippen LogP contribution in [0.1, 0.15) is 23.7 Å². The molecule has 26 heavy (non-hydrogen) atoms. The molecule has 0 saturated carbocycles. The van der Waals surface area contributed by atoms with Crippen molar-refractivity contribution in [3.8, 4) is 17.1 Å². The van der Waals surface area contributed by atoms with E-state index in [9.17, 15) is 4.79 Å². The molecule has 134 valence electrons. The van der Waals surface area contributed by atoms with Gasteiger partial charge in [0.25, 0.3) is 0 Å². The number of carbonyl (C=O) groups is 1. The fraction of sp³-hybridized carbons (Fsp3) is 0.250. The highest BCUT2D eigenvalue weighted by Gasteiger charge is 2.12. The van der Waals surface area contributed by atoms with Crippen molar-refractivity contribution < 1.29 is 9.53 Å². The smallest absolute Gasteiger partial charge is 0.191 e. The fourth-order valence-corrected chi connectivity index (χ4v) is 3.45. The van der Waals surface area contributed by atoms with Crippen LogP contribution in [0.25, 0.3) is 11.4 Å². The van der Waals surface area contributed by atoms with Crippen molar-refractivity contribution in [3.63, 3.8) is 0 Å². The molecule has 3 rings (SSSR count). The zero-order valence-electron chi connectivity index (χ0n) is 14.7. The number of thioether (sulfide) groups is 1. The second-order valence-corrected chi connectivity index (χ2v) is 6.72. The summed E-state index contributed by atoms with van der Waals surface area (Å²) >= 11 is 1.69. The van der Waals surface area contributed by atoms with E-state index in [1.54, 1.807) is 23.9 Å². The summed E-state index contributed by atoms with van der Waals surface area (Å²) in [5.74, 6) is 2.59. The lowest BCUT2D eigenvalue weighted by Crippen LogP contribution is -2.02. The number of ether oxygens (including phenoxy) is 1. The lowest BCUT2D eigenvalue weighted by atomic mass is 10.2. The van der Waals surface area contributed by atoms with Crippen molar-refractivity contribution >= 4 is 18.0 Å². The average molecular weight is 367 g/mol. The van der Waals surface area contributed by atoms with E-state index in [0.717, 1.165) is 47.3 Å². The summed E-state index contributed by atoms with van der Waals surface area (Å²) in [6, 6.07) is 17.3. The third-order valence-electron chi connectivity index (χ3n) is 3.87. The first kappa shape index (κ1) is 18.2. The van der Waals surface area contributed by atoms with Crippen LogP contribution in [-0.2, 0) is 6.54 Å². The third-order valence-corrected chi connectivity index (χ3v) is 4.92. The first-order valence-electron chi connectivity index (χ1n) is 8.61. The fourth-order valence-electron chi connectivity index (χ4n) is 2.54. The van der Waals surface area contributed by atoms with Gasteiger partial charge in [-0.3, -0.25) is 4.79 Å². The predicted molar refractivity (Wildman–Crippen MR) is 104 cm³/mol. The molecule has 0 bridgehead atoms. The van der Waals surface area contributed by atoms with Crippen molar-refractivity contribution in [2.75, 3.05) is 12.4 Å². The number of aldehydes is 1. The number of benzene rings is 2. The SMILES string of the molecule is CCn1c(SCCCOc2ccc(C=O)cc2)nnc1-c1ccccc1. The Bertz CT molecular complexity index is 832. The number of carbonyl (C=O) groups excluding carboxylic acids is 1. The highest BCUT2D eigenvalue weighted by molar-refractivity contribution is 7.99. The maximum atomic E-state index is 10.6. The molecule has 0 spiro atoms. The van der Waals surface area contributed by atoms with Crippen molar-refractivity contribution in [1.82, 2.24) is 14.8 Å². The van der Waals surface area contributed by atoms with Gasteiger partial charge in [0.05, 0.1) is 6.61 Å². The molecule has 0 aliphatic rings. The average Bonchev–Trinajstić information content (AvgIpc) is 3.11. The largest absolute Gasteiger partial charge is 0.494 e. The minimum atomic E-state index is 0.624. The highest BCUT2D eigenvalue weighted by atomic mass is 32.2. The van der Waals surface area contributed by atoms with Crippen LogP contribution >= 0.6 is 11.8 Å². The highest BCUT2D eigenvalue weighted by Crippen LogP contribution is 2.24. The second-order valence-electron chi connectivity index (χ2n) is 5.65. The summed E-state index contributed by atoms with van der Waals surface area (Å²) in [6.07, 6.45) is 1.73. The zero-order chi connectivity index (χ0) is 18.2. The summed E-state index contributed by atoms with van der Waals surface area (Å²) < 4.78 is 7.84. The second kappa shape index (κ2) is 9.20. The van der Waals surface area contributed by atoms with E-state index in [4.69, 9.17) is 4.74 Å². The summed E-state index contributed by atoms with van der Waals surface area (Å²) in [4.78, 5) is 10.6. The first-order valence-corrected chi connectivity index (χ1v) is 9.60. The van der Waals surface area contributed by atoms with E-state index in [0.29, 0.717) is 12.2 Å². The van der Waals surface area contributed by atoms with Crippen LogP contribution in [0, 0.1) is 0 Å². The van der Waals surface area contributed by atoms with Crippen molar-refractivity contribution in [3.05, 3.63) is 60.2 Å². The molecular formula is C20H21N3O2S. The number of aromatic nitrogens is 3. The summed E-state index contributed by atoms with van der Waals surface area (Å²) in [7, 11) is 0. The molecule has 0 saturated heterocycles. The molecule has 0 aliphatic heterocycles. The van der Waals surface area contributed by atoms with Crippen LogP contribution in [0.4, 0.5) is 0 Å². The van der Waals surface area contributed by atoms with E-state index < -0.39 is 0 Å². The van der Waals surface area contributed by atoms with Gasteiger partial charge in [0, 0.05) is 23.4 Å². The molecule has 1 heterocycles. The van der Waals surface area contributed by atoms with Gasteiger partial charge in [-0.05, 0) is 37.6 Å². The van der Waals surface area contributed by atoms with Gasteiger partial charge in [-0.25, -0.2) is 0 Å². The molecule has 2 aromatic carbocycles. The minimum absolute atomic E-state index is 0.624. The Hall–Kier alpha value is -2.60. The van der Waals surface area contributed by atoms with E-state index in [1.165, 1.54) is 0 Å². The van der Waals surface area contributed by atoms with Gasteiger partial charge in [-0.15, -0.1) is 10.2 Å². The van der Waals surface area contributed by atoms with Gasteiger partial charge >= 0.3 is 0 Å². The number of rotatable bonds is 9. The predicted octanol–water partition coefficient (Wildman–Crippen LogP) is 4.34. The van der Waals surface area contributed by atoms with Crippen LogP contribution < -0.4 is 4.74 Å². The van der Waals surface area contributed by atoms with E-state index in [1.807, 2.05) is 42.5 Å². The van der Waals surface area contributed by atoms with Gasteiger partial charge < -0.3 is 9.30 Å². The molecule has 6 heteroatoms. The molecule has 0 unspecified atom stereocenters. The summed E-state index contributed by atoms with van der Waals surface area (Å²) in [6.45, 7) is 3.56. The van der Waals surface area contributed by atoms with Gasteiger partial charge in [0.2, 0.25) is 0 Å². The van der Waals surface area contributed by atoms with Crippen molar-refractivity contribution in [2.45, 2.75) is 25.0 Å². The minimum Gasteiger partial charge on any atom is -0.494 e. The van der Waals surface area contributed by atoms with Crippen LogP contribution in [0.3, 0.4) is 0 Å². The Morgan fingerprint density at radius 2 is 1.85 bits per heavy atom.